The van der Waals surface area contributed by atoms with Crippen molar-refractivity contribution < 1.29 is 0 Å². The molecule has 0 radical (unpaired) electrons. The van der Waals surface area contributed by atoms with Gasteiger partial charge in [-0.15, -0.1) is 0 Å². The molecule has 346 valence electrons. The number of hydrazine groups is 1. The molecular weight excluding hydrogens is 801 g/mol. The van der Waals surface area contributed by atoms with Crippen LogP contribution in [0.25, 0.3) is 0 Å². The van der Waals surface area contributed by atoms with Crippen LogP contribution in [0.1, 0.15) is 149 Å². The molecule has 0 spiro atoms. The van der Waals surface area contributed by atoms with Crippen LogP contribution in [0.15, 0.2) is 121 Å². The molecule has 4 nitrogen and oxygen atoms in total. The third kappa shape index (κ3) is 6.08. The highest BCUT2D eigenvalue weighted by atomic mass is 15.7. The van der Waals surface area contributed by atoms with Gasteiger partial charge in [-0.1, -0.05) is 173 Å². The maximum absolute atomic E-state index is 3.49. The minimum Gasteiger partial charge on any atom is -0.299 e. The Bertz CT molecular complexity index is 1980. The van der Waals surface area contributed by atoms with Crippen LogP contribution in [0, 0.1) is 47.3 Å². The number of hydrogen-bond donors (Lipinski definition) is 0. The molecule has 0 N–H and O–H groups in total. The number of nitrogens with zero attached hydrogens (tertiary/aromatic N) is 4. The van der Waals surface area contributed by atoms with E-state index < -0.39 is 0 Å². The standard InChI is InChI=1S/C62H78N4/c1-63-55-43-31-15-16-32-44(43)56(63)52(40-25-9-4-10-26-40)60-48-36-20-22-38-50(48)62-54(42-29-13-6-14-30-42)58-46-34-18-17-33-45(46)57(64(58)2)53(41-27-11-5-12-28-41)61-49-37-21-19-35-47(49)59(65(61)66(60)62)51(55)39-23-7-3-8-24-39/h3-14,23-30,43-62H,15-22,31-38H2,1-2H3. The summed E-state index contributed by atoms with van der Waals surface area (Å²) in [6, 6.07) is 53.8. The summed E-state index contributed by atoms with van der Waals surface area (Å²) in [5.74, 6) is 7.72. The van der Waals surface area contributed by atoms with Crippen molar-refractivity contribution in [1.82, 2.24) is 19.8 Å². The third-order valence-electron chi connectivity index (χ3n) is 22.1. The molecule has 4 saturated carbocycles. The zero-order chi connectivity index (χ0) is 43.6. The number of likely N-dealkylation sites (N-methyl/N-ethyl adjacent to an activating group) is 2. The van der Waals surface area contributed by atoms with E-state index in [1.54, 1.807) is 22.3 Å². The Morgan fingerprint density at radius 2 is 0.439 bits per heavy atom. The molecule has 6 saturated heterocycles. The number of fused-ring (bicyclic) bond motifs is 6. The van der Waals surface area contributed by atoms with E-state index in [-0.39, 0.29) is 0 Å². The number of benzene rings is 4. The highest BCUT2D eigenvalue weighted by Gasteiger charge is 2.72. The van der Waals surface area contributed by atoms with Gasteiger partial charge >= 0.3 is 0 Å². The molecule has 6 aliphatic heterocycles. The first kappa shape index (κ1) is 41.7. The van der Waals surface area contributed by atoms with Gasteiger partial charge in [0.25, 0.3) is 0 Å². The highest BCUT2D eigenvalue weighted by Crippen LogP contribution is 2.68. The van der Waals surface area contributed by atoms with Crippen LogP contribution < -0.4 is 0 Å². The van der Waals surface area contributed by atoms with Crippen molar-refractivity contribution in [2.45, 2.75) is 175 Å². The maximum Gasteiger partial charge on any atom is 0.0364 e. The van der Waals surface area contributed by atoms with Crippen molar-refractivity contribution >= 4 is 0 Å². The summed E-state index contributed by atoms with van der Waals surface area (Å²) in [5.41, 5.74) is 6.61. The Balaban J connectivity index is 1.12. The molecule has 4 heteroatoms. The lowest BCUT2D eigenvalue weighted by molar-refractivity contribution is -0.143. The molecule has 20 unspecified atom stereocenters. The topological polar surface area (TPSA) is 13.0 Å². The molecule has 0 amide bonds. The first-order valence-corrected chi connectivity index (χ1v) is 27.9. The van der Waals surface area contributed by atoms with E-state index in [0.717, 1.165) is 23.7 Å². The van der Waals surface area contributed by atoms with Crippen molar-refractivity contribution in [1.29, 1.82) is 0 Å². The molecule has 20 atom stereocenters. The maximum atomic E-state index is 3.49. The second kappa shape index (κ2) is 16.7. The van der Waals surface area contributed by atoms with Gasteiger partial charge in [-0.25, -0.2) is 10.0 Å². The van der Waals surface area contributed by atoms with E-state index in [4.69, 9.17) is 0 Å². The number of rotatable bonds is 4. The summed E-state index contributed by atoms with van der Waals surface area (Å²) in [6.45, 7) is 0. The predicted octanol–water partition coefficient (Wildman–Crippen LogP) is 12.8. The normalized spacial score (nSPS) is 45.4. The Labute approximate surface area is 397 Å². The first-order chi connectivity index (χ1) is 32.7. The largest absolute Gasteiger partial charge is 0.299 e. The smallest absolute Gasteiger partial charge is 0.0364 e. The van der Waals surface area contributed by atoms with Crippen LogP contribution in [0.4, 0.5) is 0 Å². The lowest BCUT2D eigenvalue weighted by atomic mass is 9.63. The predicted molar refractivity (Wildman–Crippen MR) is 268 cm³/mol. The van der Waals surface area contributed by atoms with Gasteiger partial charge in [0, 0.05) is 72.0 Å². The molecule has 4 aliphatic carbocycles. The summed E-state index contributed by atoms with van der Waals surface area (Å²) in [6.07, 6.45) is 22.5. The zero-order valence-corrected chi connectivity index (χ0v) is 40.2. The van der Waals surface area contributed by atoms with Crippen molar-refractivity contribution in [3.63, 3.8) is 0 Å². The molecule has 6 heterocycles. The minimum absolute atomic E-state index is 0.477. The molecule has 4 aromatic rings. The van der Waals surface area contributed by atoms with Gasteiger partial charge in [0.05, 0.1) is 0 Å². The van der Waals surface area contributed by atoms with E-state index in [9.17, 15) is 0 Å². The van der Waals surface area contributed by atoms with Crippen LogP contribution >= 0.6 is 0 Å². The minimum atomic E-state index is 0.477. The van der Waals surface area contributed by atoms with Crippen molar-refractivity contribution in [2.24, 2.45) is 47.3 Å². The van der Waals surface area contributed by atoms with Crippen LogP contribution in [-0.4, -0.2) is 82.2 Å². The van der Waals surface area contributed by atoms with E-state index in [2.05, 4.69) is 155 Å². The number of likely N-dealkylation sites (tertiary alicyclic amines) is 2. The van der Waals surface area contributed by atoms with Gasteiger partial charge < -0.3 is 0 Å². The third-order valence-corrected chi connectivity index (χ3v) is 22.1. The van der Waals surface area contributed by atoms with Crippen LogP contribution in [0.5, 0.6) is 0 Å². The van der Waals surface area contributed by atoms with Crippen LogP contribution in [-0.2, 0) is 0 Å². The summed E-state index contributed by atoms with van der Waals surface area (Å²) in [4.78, 5) is 6.32. The van der Waals surface area contributed by atoms with Crippen molar-refractivity contribution in [3.05, 3.63) is 144 Å². The summed E-state index contributed by atoms with van der Waals surface area (Å²) in [7, 11) is 5.38. The Morgan fingerprint density at radius 3 is 0.636 bits per heavy atom. The van der Waals surface area contributed by atoms with Gasteiger partial charge in [0.15, 0.2) is 0 Å². The highest BCUT2D eigenvalue weighted by molar-refractivity contribution is 5.38. The summed E-state index contributed by atoms with van der Waals surface area (Å²) >= 11 is 0. The van der Waals surface area contributed by atoms with Gasteiger partial charge in [-0.3, -0.25) is 9.80 Å². The zero-order valence-electron chi connectivity index (χ0n) is 40.2. The van der Waals surface area contributed by atoms with Crippen LogP contribution in [0.2, 0.25) is 0 Å². The fourth-order valence-corrected chi connectivity index (χ4v) is 20.4. The fourth-order valence-electron chi connectivity index (χ4n) is 20.4. The Kier molecular flexibility index (Phi) is 10.5. The van der Waals surface area contributed by atoms with Gasteiger partial charge in [-0.2, -0.15) is 0 Å². The molecule has 0 aromatic heterocycles. The quantitative estimate of drug-likeness (QED) is 0.202. The van der Waals surface area contributed by atoms with E-state index in [0.29, 0.717) is 95.7 Å². The van der Waals surface area contributed by atoms with Crippen LogP contribution in [0.3, 0.4) is 0 Å². The van der Waals surface area contributed by atoms with E-state index in [1.165, 1.54) is 103 Å². The van der Waals surface area contributed by atoms with Crippen molar-refractivity contribution in [2.75, 3.05) is 14.1 Å². The summed E-state index contributed by atoms with van der Waals surface area (Å²) < 4.78 is 0. The van der Waals surface area contributed by atoms with Gasteiger partial charge in [0.2, 0.25) is 0 Å². The average Bonchev–Trinajstić information content (AvgIpc) is 4.07. The molecule has 4 aromatic carbocycles. The molecular formula is C62H78N4. The Hall–Kier alpha value is -3.28. The second-order valence-electron chi connectivity index (χ2n) is 24.2. The molecule has 66 heavy (non-hydrogen) atoms. The van der Waals surface area contributed by atoms with E-state index >= 15 is 0 Å². The fraction of sp³-hybridized carbons (Fsp3) is 0.613. The lowest BCUT2D eigenvalue weighted by Crippen LogP contribution is -2.63. The average molecular weight is 879 g/mol. The Morgan fingerprint density at radius 1 is 0.258 bits per heavy atom. The molecule has 14 rings (SSSR count). The van der Waals surface area contributed by atoms with E-state index in [1.807, 2.05) is 0 Å². The van der Waals surface area contributed by atoms with Gasteiger partial charge in [0.1, 0.15) is 0 Å². The first-order valence-electron chi connectivity index (χ1n) is 27.9. The molecule has 4 bridgehead atoms. The second-order valence-corrected chi connectivity index (χ2v) is 24.2. The van der Waals surface area contributed by atoms with Gasteiger partial charge in [-0.05, 0) is 135 Å². The lowest BCUT2D eigenvalue weighted by Gasteiger charge is -2.54. The molecule has 10 aliphatic rings. The number of hydrogen-bond acceptors (Lipinski definition) is 4. The summed E-state index contributed by atoms with van der Waals surface area (Å²) in [5, 5.41) is 6.99. The SMILES string of the molecule is CN1C2C3CCCCC3C1C(c1ccccc1)C1C3CCCCC3C3C(c4ccccc4)C4C5CCCCC5C(C(c5ccccc5)C5C6CCCCC6C(C2c2ccccc2)N5N13)N4C. The molecule has 10 fully saturated rings. The van der Waals surface area contributed by atoms with Crippen molar-refractivity contribution in [3.8, 4) is 0 Å². The monoisotopic (exact) mass is 879 g/mol.